The summed E-state index contributed by atoms with van der Waals surface area (Å²) >= 11 is 7.00. The number of halogens is 3. The van der Waals surface area contributed by atoms with Crippen molar-refractivity contribution in [3.8, 4) is 5.75 Å². The maximum Gasteiger partial charge on any atom is 0.127 e. The highest BCUT2D eigenvalue weighted by Crippen LogP contribution is 2.39. The van der Waals surface area contributed by atoms with Crippen molar-refractivity contribution in [2.45, 2.75) is 11.8 Å². The lowest BCUT2D eigenvalue weighted by Gasteiger charge is -2.16. The van der Waals surface area contributed by atoms with E-state index in [2.05, 4.69) is 31.9 Å². The van der Waals surface area contributed by atoms with Gasteiger partial charge in [0, 0.05) is 15.6 Å². The van der Waals surface area contributed by atoms with E-state index in [1.807, 2.05) is 31.2 Å². The van der Waals surface area contributed by atoms with Crippen LogP contribution in [0.5, 0.6) is 5.75 Å². The summed E-state index contributed by atoms with van der Waals surface area (Å²) in [5.41, 5.74) is 1.50. The van der Waals surface area contributed by atoms with Crippen LogP contribution in [0.2, 0.25) is 0 Å². The fourth-order valence-corrected chi connectivity index (χ4v) is 2.96. The summed E-state index contributed by atoms with van der Waals surface area (Å²) in [6.45, 7) is 2.50. The van der Waals surface area contributed by atoms with Crippen LogP contribution in [0.25, 0.3) is 0 Å². The van der Waals surface area contributed by atoms with Gasteiger partial charge in [-0.1, -0.05) is 50.1 Å². The van der Waals surface area contributed by atoms with Crippen LogP contribution >= 0.6 is 31.9 Å². The van der Waals surface area contributed by atoms with Crippen LogP contribution in [-0.4, -0.2) is 6.61 Å². The summed E-state index contributed by atoms with van der Waals surface area (Å²) in [7, 11) is 0. The van der Waals surface area contributed by atoms with Gasteiger partial charge < -0.3 is 4.74 Å². The van der Waals surface area contributed by atoms with Gasteiger partial charge in [0.05, 0.1) is 11.4 Å². The van der Waals surface area contributed by atoms with E-state index >= 15 is 0 Å². The van der Waals surface area contributed by atoms with Gasteiger partial charge in [-0.25, -0.2) is 4.39 Å². The Kier molecular flexibility index (Phi) is 4.99. The summed E-state index contributed by atoms with van der Waals surface area (Å²) in [6.07, 6.45) is 0. The van der Waals surface area contributed by atoms with E-state index in [4.69, 9.17) is 4.74 Å². The topological polar surface area (TPSA) is 9.23 Å². The summed E-state index contributed by atoms with van der Waals surface area (Å²) in [5, 5.41) is 0. The van der Waals surface area contributed by atoms with Crippen LogP contribution in [0.15, 0.2) is 46.9 Å². The van der Waals surface area contributed by atoms with Crippen molar-refractivity contribution >= 4 is 31.9 Å². The van der Waals surface area contributed by atoms with Gasteiger partial charge >= 0.3 is 0 Å². The number of benzene rings is 2. The van der Waals surface area contributed by atoms with Crippen LogP contribution in [0, 0.1) is 5.82 Å². The third kappa shape index (κ3) is 3.37. The van der Waals surface area contributed by atoms with Crippen LogP contribution in [0.4, 0.5) is 4.39 Å². The molecule has 0 fully saturated rings. The SMILES string of the molecule is CCOc1ccc(Br)cc1C(Br)c1ccccc1F. The molecule has 2 aromatic rings. The average molecular weight is 388 g/mol. The lowest BCUT2D eigenvalue weighted by atomic mass is 10.0. The molecule has 0 aliphatic carbocycles. The molecule has 0 heterocycles. The van der Waals surface area contributed by atoms with Gasteiger partial charge in [0.15, 0.2) is 0 Å². The molecule has 2 rings (SSSR count). The molecule has 0 aliphatic rings. The molecule has 0 spiro atoms. The van der Waals surface area contributed by atoms with E-state index in [0.29, 0.717) is 12.2 Å². The Morgan fingerprint density at radius 3 is 2.58 bits per heavy atom. The predicted molar refractivity (Wildman–Crippen MR) is 82.5 cm³/mol. The van der Waals surface area contributed by atoms with Gasteiger partial charge in [-0.2, -0.15) is 0 Å². The Balaban J connectivity index is 2.45. The van der Waals surface area contributed by atoms with Gasteiger partial charge in [-0.3, -0.25) is 0 Å². The molecular formula is C15H13Br2FO. The quantitative estimate of drug-likeness (QED) is 0.632. The van der Waals surface area contributed by atoms with Crippen molar-refractivity contribution in [3.05, 3.63) is 63.9 Å². The second-order valence-electron chi connectivity index (χ2n) is 4.00. The molecular weight excluding hydrogens is 375 g/mol. The molecule has 100 valence electrons. The average Bonchev–Trinajstić information content (AvgIpc) is 2.41. The highest BCUT2D eigenvalue weighted by Gasteiger charge is 2.18. The lowest BCUT2D eigenvalue weighted by molar-refractivity contribution is 0.337. The number of alkyl halides is 1. The lowest BCUT2D eigenvalue weighted by Crippen LogP contribution is -2.01. The molecule has 0 amide bonds. The first kappa shape index (κ1) is 14.5. The minimum Gasteiger partial charge on any atom is -0.494 e. The Morgan fingerprint density at radius 1 is 1.16 bits per heavy atom. The molecule has 0 bridgehead atoms. The molecule has 0 radical (unpaired) electrons. The van der Waals surface area contributed by atoms with Gasteiger partial charge in [-0.15, -0.1) is 0 Å². The number of ether oxygens (including phenoxy) is 1. The molecule has 19 heavy (non-hydrogen) atoms. The highest BCUT2D eigenvalue weighted by molar-refractivity contribution is 9.10. The number of hydrogen-bond donors (Lipinski definition) is 0. The highest BCUT2D eigenvalue weighted by atomic mass is 79.9. The van der Waals surface area contributed by atoms with Crippen molar-refractivity contribution in [3.63, 3.8) is 0 Å². The standard InChI is InChI=1S/C15H13Br2FO/c1-2-19-14-8-7-10(16)9-12(14)15(17)11-5-3-4-6-13(11)18/h3-9,15H,2H2,1H3. The molecule has 0 N–H and O–H groups in total. The zero-order valence-corrected chi connectivity index (χ0v) is 13.5. The largest absolute Gasteiger partial charge is 0.494 e. The Morgan fingerprint density at radius 2 is 1.89 bits per heavy atom. The Labute approximate surface area is 129 Å². The maximum atomic E-state index is 13.9. The van der Waals surface area contributed by atoms with Crippen molar-refractivity contribution in [1.82, 2.24) is 0 Å². The van der Waals surface area contributed by atoms with E-state index in [-0.39, 0.29) is 10.6 Å². The molecule has 1 nitrogen and oxygen atoms in total. The smallest absolute Gasteiger partial charge is 0.127 e. The second kappa shape index (κ2) is 6.53. The van der Waals surface area contributed by atoms with Crippen molar-refractivity contribution < 1.29 is 9.13 Å². The fraction of sp³-hybridized carbons (Fsp3) is 0.200. The Hall–Kier alpha value is -0.870. The molecule has 2 aromatic carbocycles. The van der Waals surface area contributed by atoms with Crippen molar-refractivity contribution in [1.29, 1.82) is 0 Å². The molecule has 0 saturated heterocycles. The minimum atomic E-state index is -0.243. The fourth-order valence-electron chi connectivity index (χ4n) is 1.85. The van der Waals surface area contributed by atoms with Gasteiger partial charge in [-0.05, 0) is 31.2 Å². The predicted octanol–water partition coefficient (Wildman–Crippen LogP) is 5.47. The zero-order valence-electron chi connectivity index (χ0n) is 10.4. The van der Waals surface area contributed by atoms with Gasteiger partial charge in [0.1, 0.15) is 11.6 Å². The molecule has 1 atom stereocenters. The monoisotopic (exact) mass is 386 g/mol. The number of hydrogen-bond acceptors (Lipinski definition) is 1. The molecule has 0 saturated carbocycles. The molecule has 0 aliphatic heterocycles. The van der Waals surface area contributed by atoms with E-state index in [0.717, 1.165) is 15.8 Å². The normalized spacial score (nSPS) is 12.2. The van der Waals surface area contributed by atoms with E-state index in [9.17, 15) is 4.39 Å². The summed E-state index contributed by atoms with van der Waals surface area (Å²) in [6, 6.07) is 12.5. The Bertz CT molecular complexity index is 572. The molecule has 0 aromatic heterocycles. The van der Waals surface area contributed by atoms with E-state index in [1.54, 1.807) is 12.1 Å². The van der Waals surface area contributed by atoms with Crippen LogP contribution in [-0.2, 0) is 0 Å². The summed E-state index contributed by atoms with van der Waals surface area (Å²) in [5.74, 6) is 0.530. The first-order valence-electron chi connectivity index (χ1n) is 5.94. The van der Waals surface area contributed by atoms with Crippen molar-refractivity contribution in [2.75, 3.05) is 6.61 Å². The zero-order chi connectivity index (χ0) is 13.8. The third-order valence-corrected chi connectivity index (χ3v) is 4.20. The number of rotatable bonds is 4. The van der Waals surface area contributed by atoms with Gasteiger partial charge in [0.2, 0.25) is 0 Å². The van der Waals surface area contributed by atoms with Crippen molar-refractivity contribution in [2.24, 2.45) is 0 Å². The summed E-state index contributed by atoms with van der Waals surface area (Å²) < 4.78 is 20.4. The summed E-state index contributed by atoms with van der Waals surface area (Å²) in [4.78, 5) is -0.243. The van der Waals surface area contributed by atoms with Crippen LogP contribution < -0.4 is 4.74 Å². The second-order valence-corrected chi connectivity index (χ2v) is 5.83. The van der Waals surface area contributed by atoms with E-state index < -0.39 is 0 Å². The maximum absolute atomic E-state index is 13.9. The van der Waals surface area contributed by atoms with Crippen LogP contribution in [0.1, 0.15) is 22.9 Å². The van der Waals surface area contributed by atoms with Gasteiger partial charge in [0.25, 0.3) is 0 Å². The first-order valence-corrected chi connectivity index (χ1v) is 7.65. The minimum absolute atomic E-state index is 0.230. The van der Waals surface area contributed by atoms with E-state index in [1.165, 1.54) is 6.07 Å². The third-order valence-electron chi connectivity index (χ3n) is 2.72. The van der Waals surface area contributed by atoms with Crippen LogP contribution in [0.3, 0.4) is 0 Å². The molecule has 4 heteroatoms. The molecule has 1 unspecified atom stereocenters. The first-order chi connectivity index (χ1) is 9.13.